The quantitative estimate of drug-likeness (QED) is 0.456. The van der Waals surface area contributed by atoms with Gasteiger partial charge in [0.1, 0.15) is 17.4 Å². The van der Waals surface area contributed by atoms with Crippen molar-refractivity contribution in [2.75, 3.05) is 13.2 Å². The lowest BCUT2D eigenvalue weighted by atomic mass is 10.0. The molecule has 1 aliphatic rings. The van der Waals surface area contributed by atoms with Gasteiger partial charge in [-0.1, -0.05) is 12.1 Å². The Labute approximate surface area is 188 Å². The maximum Gasteiger partial charge on any atom is 0.126 e. The van der Waals surface area contributed by atoms with Crippen molar-refractivity contribution >= 4 is 0 Å². The number of nitrogens with two attached hydrogens (primary N) is 1. The molecule has 0 bridgehead atoms. The highest BCUT2D eigenvalue weighted by molar-refractivity contribution is 5.42. The van der Waals surface area contributed by atoms with Gasteiger partial charge in [-0.15, -0.1) is 6.58 Å². The van der Waals surface area contributed by atoms with E-state index >= 15 is 0 Å². The molecule has 5 nitrogen and oxygen atoms in total. The topological polar surface area (TPSA) is 76.7 Å². The number of halogens is 2. The van der Waals surface area contributed by atoms with Gasteiger partial charge in [-0.05, 0) is 67.6 Å². The fraction of sp³-hybridized carbons (Fsp3) is 0.440. The molecule has 0 fully saturated rings. The molecule has 2 aromatic rings. The Morgan fingerprint density at radius 2 is 1.91 bits per heavy atom. The fourth-order valence-electron chi connectivity index (χ4n) is 4.05. The molecule has 2 aromatic carbocycles. The summed E-state index contributed by atoms with van der Waals surface area (Å²) in [4.78, 5) is 0. The minimum Gasteiger partial charge on any atom is -0.491 e. The smallest absolute Gasteiger partial charge is 0.126 e. The first-order valence-electron chi connectivity index (χ1n) is 10.9. The van der Waals surface area contributed by atoms with Gasteiger partial charge in [-0.3, -0.25) is 0 Å². The predicted octanol–water partition coefficient (Wildman–Crippen LogP) is 3.96. The molecule has 0 saturated heterocycles. The van der Waals surface area contributed by atoms with E-state index in [1.54, 1.807) is 6.08 Å². The second-order valence-corrected chi connectivity index (χ2v) is 8.48. The van der Waals surface area contributed by atoms with Crippen molar-refractivity contribution < 1.29 is 23.4 Å². The first kappa shape index (κ1) is 24.3. The maximum atomic E-state index is 13.4. The molecule has 0 amide bonds. The molecule has 7 heteroatoms. The Morgan fingerprint density at radius 1 is 1.19 bits per heavy atom. The van der Waals surface area contributed by atoms with E-state index in [9.17, 15) is 13.9 Å². The lowest BCUT2D eigenvalue weighted by Crippen LogP contribution is -2.43. The molecule has 0 saturated carbocycles. The second-order valence-electron chi connectivity index (χ2n) is 8.48. The molecule has 0 aliphatic heterocycles. The van der Waals surface area contributed by atoms with E-state index < -0.39 is 23.8 Å². The van der Waals surface area contributed by atoms with Crippen LogP contribution in [0, 0.1) is 11.6 Å². The third kappa shape index (κ3) is 6.36. The van der Waals surface area contributed by atoms with Gasteiger partial charge in [-0.2, -0.15) is 0 Å². The van der Waals surface area contributed by atoms with Gasteiger partial charge >= 0.3 is 0 Å². The first-order chi connectivity index (χ1) is 15.3. The van der Waals surface area contributed by atoms with E-state index in [0.717, 1.165) is 22.9 Å². The standard InChI is InChI=1S/C25H32F2N2O3/c1-4-7-31-25-13-23(21-12-19(32-15(2)3)5-6-20(21)25)29-14-24(30)22(28)10-16-8-17(26)11-18(27)9-16/h4-6,8-9,11-12,15,22-25,29-30H,1,7,10,13-14,28H2,2-3H3/t22-,23-,24+,25+/m0/s1. The number of rotatable bonds is 11. The number of benzene rings is 2. The minimum atomic E-state index is -0.895. The molecular weight excluding hydrogens is 414 g/mol. The van der Waals surface area contributed by atoms with Crippen molar-refractivity contribution in [2.24, 2.45) is 5.73 Å². The molecule has 1 aliphatic carbocycles. The normalized spacial score (nSPS) is 19.6. The monoisotopic (exact) mass is 446 g/mol. The SMILES string of the molecule is C=CCO[C@@H]1C[C@H](NC[C@@H](O)[C@@H](N)Cc2cc(F)cc(F)c2)c2cc(OC(C)C)ccc21. The predicted molar refractivity (Wildman–Crippen MR) is 121 cm³/mol. The lowest BCUT2D eigenvalue weighted by molar-refractivity contribution is 0.0678. The van der Waals surface area contributed by atoms with Crippen molar-refractivity contribution in [1.82, 2.24) is 5.32 Å². The first-order valence-corrected chi connectivity index (χ1v) is 10.9. The third-order valence-electron chi connectivity index (χ3n) is 5.48. The molecule has 174 valence electrons. The number of hydrogen-bond acceptors (Lipinski definition) is 5. The van der Waals surface area contributed by atoms with Gasteiger partial charge in [0.2, 0.25) is 0 Å². The molecule has 0 radical (unpaired) electrons. The van der Waals surface area contributed by atoms with Crippen molar-refractivity contribution in [1.29, 1.82) is 0 Å². The van der Waals surface area contributed by atoms with Crippen molar-refractivity contribution in [3.8, 4) is 5.75 Å². The van der Waals surface area contributed by atoms with Gasteiger partial charge in [0.05, 0.1) is 24.9 Å². The molecule has 0 unspecified atom stereocenters. The molecule has 0 heterocycles. The summed E-state index contributed by atoms with van der Waals surface area (Å²) in [6.45, 7) is 8.33. The molecule has 4 N–H and O–H groups in total. The maximum absolute atomic E-state index is 13.4. The summed E-state index contributed by atoms with van der Waals surface area (Å²) in [5.74, 6) is -0.542. The molecule has 3 rings (SSSR count). The van der Waals surface area contributed by atoms with E-state index in [4.69, 9.17) is 15.2 Å². The molecule has 0 spiro atoms. The van der Waals surface area contributed by atoms with E-state index in [0.29, 0.717) is 18.6 Å². The zero-order valence-electron chi connectivity index (χ0n) is 18.6. The Balaban J connectivity index is 1.66. The van der Waals surface area contributed by atoms with Crippen molar-refractivity contribution in [3.05, 3.63) is 77.4 Å². The molecular formula is C25H32F2N2O3. The number of hydrogen-bond donors (Lipinski definition) is 3. The Hall–Kier alpha value is -2.32. The molecule has 32 heavy (non-hydrogen) atoms. The van der Waals surface area contributed by atoms with Crippen LogP contribution < -0.4 is 15.8 Å². The van der Waals surface area contributed by atoms with Crippen LogP contribution in [-0.4, -0.2) is 36.5 Å². The number of nitrogens with one attached hydrogen (secondary N) is 1. The summed E-state index contributed by atoms with van der Waals surface area (Å²) in [5, 5.41) is 13.9. The average molecular weight is 447 g/mol. The van der Waals surface area contributed by atoms with Crippen LogP contribution in [0.2, 0.25) is 0 Å². The van der Waals surface area contributed by atoms with Crippen LogP contribution in [-0.2, 0) is 11.2 Å². The van der Waals surface area contributed by atoms with Crippen LogP contribution in [0.5, 0.6) is 5.75 Å². The van der Waals surface area contributed by atoms with Gasteiger partial charge in [0, 0.05) is 24.7 Å². The Kier molecular flexibility index (Phi) is 8.37. The van der Waals surface area contributed by atoms with Crippen LogP contribution in [0.15, 0.2) is 49.1 Å². The van der Waals surface area contributed by atoms with Crippen LogP contribution in [0.3, 0.4) is 0 Å². The summed E-state index contributed by atoms with van der Waals surface area (Å²) in [7, 11) is 0. The fourth-order valence-corrected chi connectivity index (χ4v) is 4.05. The average Bonchev–Trinajstić information content (AvgIpc) is 3.06. The summed E-state index contributed by atoms with van der Waals surface area (Å²) in [6, 6.07) is 8.51. The number of fused-ring (bicyclic) bond motifs is 1. The molecule has 4 atom stereocenters. The largest absolute Gasteiger partial charge is 0.491 e. The van der Waals surface area contributed by atoms with E-state index in [2.05, 4.69) is 11.9 Å². The van der Waals surface area contributed by atoms with Crippen molar-refractivity contribution in [2.45, 2.75) is 57.1 Å². The Bertz CT molecular complexity index is 902. The second kappa shape index (κ2) is 11.0. The van der Waals surface area contributed by atoms with Gasteiger partial charge in [0.25, 0.3) is 0 Å². The van der Waals surface area contributed by atoms with Gasteiger partial charge in [-0.25, -0.2) is 8.78 Å². The number of aliphatic hydroxyl groups excluding tert-OH is 1. The summed E-state index contributed by atoms with van der Waals surface area (Å²) in [6.07, 6.45) is 1.65. The van der Waals surface area contributed by atoms with E-state index in [1.807, 2.05) is 32.0 Å². The Morgan fingerprint density at radius 3 is 2.56 bits per heavy atom. The van der Waals surface area contributed by atoms with Crippen LogP contribution in [0.25, 0.3) is 0 Å². The number of ether oxygens (including phenoxy) is 2. The molecule has 0 aromatic heterocycles. The third-order valence-corrected chi connectivity index (χ3v) is 5.48. The van der Waals surface area contributed by atoms with Crippen molar-refractivity contribution in [3.63, 3.8) is 0 Å². The van der Waals surface area contributed by atoms with Crippen LogP contribution in [0.4, 0.5) is 8.78 Å². The van der Waals surface area contributed by atoms with Gasteiger partial charge in [0.15, 0.2) is 0 Å². The number of aliphatic hydroxyl groups is 1. The van der Waals surface area contributed by atoms with Crippen LogP contribution in [0.1, 0.15) is 49.1 Å². The van der Waals surface area contributed by atoms with E-state index in [1.165, 1.54) is 12.1 Å². The minimum absolute atomic E-state index is 0.0519. The lowest BCUT2D eigenvalue weighted by Gasteiger charge is -2.22. The van der Waals surface area contributed by atoms with Gasteiger partial charge < -0.3 is 25.6 Å². The highest BCUT2D eigenvalue weighted by Crippen LogP contribution is 2.42. The van der Waals surface area contributed by atoms with E-state index in [-0.39, 0.29) is 31.2 Å². The summed E-state index contributed by atoms with van der Waals surface area (Å²) >= 11 is 0. The highest BCUT2D eigenvalue weighted by Gasteiger charge is 2.32. The highest BCUT2D eigenvalue weighted by atomic mass is 19.1. The zero-order valence-corrected chi connectivity index (χ0v) is 18.6. The summed E-state index contributed by atoms with van der Waals surface area (Å²) in [5.41, 5.74) is 8.66. The zero-order chi connectivity index (χ0) is 23.3. The summed E-state index contributed by atoms with van der Waals surface area (Å²) < 4.78 is 38.6. The van der Waals surface area contributed by atoms with Crippen LogP contribution >= 0.6 is 0 Å².